The fraction of sp³-hybridized carbons (Fsp3) is 0.692. The lowest BCUT2D eigenvalue weighted by Crippen LogP contribution is -2.42. The average molecular weight is 383 g/mol. The zero-order valence-electron chi connectivity index (χ0n) is 12.4. The van der Waals surface area contributed by atoms with E-state index in [0.29, 0.717) is 23.8 Å². The molecule has 0 bridgehead atoms. The summed E-state index contributed by atoms with van der Waals surface area (Å²) < 4.78 is 28.3. The Kier molecular flexibility index (Phi) is 6.22. The molecule has 1 heterocycles. The number of nitrogens with two attached hydrogens (primary N) is 1. The van der Waals surface area contributed by atoms with Gasteiger partial charge >= 0.3 is 0 Å². The predicted octanol–water partition coefficient (Wildman–Crippen LogP) is 3.20. The highest BCUT2D eigenvalue weighted by molar-refractivity contribution is 9.11. The molecule has 0 aliphatic heterocycles. The summed E-state index contributed by atoms with van der Waals surface area (Å²) in [7, 11) is -3.44. The Labute approximate surface area is 134 Å². The third-order valence-electron chi connectivity index (χ3n) is 3.06. The number of thiophene rings is 1. The van der Waals surface area contributed by atoms with Crippen molar-refractivity contribution in [3.63, 3.8) is 0 Å². The van der Waals surface area contributed by atoms with Gasteiger partial charge in [0.25, 0.3) is 10.0 Å². The van der Waals surface area contributed by atoms with Crippen LogP contribution in [-0.4, -0.2) is 32.4 Å². The summed E-state index contributed by atoms with van der Waals surface area (Å²) in [5.41, 5.74) is 6.45. The summed E-state index contributed by atoms with van der Waals surface area (Å²) in [5.74, 6) is 0. The molecule has 1 aromatic heterocycles. The van der Waals surface area contributed by atoms with Crippen LogP contribution < -0.4 is 5.73 Å². The van der Waals surface area contributed by atoms with Crippen LogP contribution in [-0.2, 0) is 10.0 Å². The van der Waals surface area contributed by atoms with Crippen LogP contribution in [0.2, 0.25) is 0 Å². The highest BCUT2D eigenvalue weighted by Gasteiger charge is 2.31. The second kappa shape index (κ2) is 6.87. The van der Waals surface area contributed by atoms with Gasteiger partial charge in [0.2, 0.25) is 0 Å². The van der Waals surface area contributed by atoms with E-state index in [-0.39, 0.29) is 5.41 Å². The minimum atomic E-state index is -3.44. The van der Waals surface area contributed by atoms with Crippen LogP contribution >= 0.6 is 27.3 Å². The molecular formula is C13H23BrN2O2S2. The topological polar surface area (TPSA) is 63.4 Å². The minimum Gasteiger partial charge on any atom is -0.330 e. The van der Waals surface area contributed by atoms with Crippen molar-refractivity contribution in [2.75, 3.05) is 19.6 Å². The van der Waals surface area contributed by atoms with E-state index in [1.807, 2.05) is 27.7 Å². The molecule has 0 saturated carbocycles. The molecule has 0 saturated heterocycles. The first-order valence-corrected chi connectivity index (χ1v) is 9.65. The molecule has 116 valence electrons. The van der Waals surface area contributed by atoms with Gasteiger partial charge in [0, 0.05) is 13.1 Å². The molecule has 2 N–H and O–H groups in total. The lowest BCUT2D eigenvalue weighted by molar-refractivity contribution is 0.267. The first-order chi connectivity index (χ1) is 9.14. The van der Waals surface area contributed by atoms with Crippen molar-refractivity contribution in [2.45, 2.75) is 38.3 Å². The molecule has 0 amide bonds. The van der Waals surface area contributed by atoms with E-state index in [4.69, 9.17) is 5.73 Å². The number of halogens is 1. The molecule has 0 atom stereocenters. The van der Waals surface area contributed by atoms with E-state index >= 15 is 0 Å². The molecule has 7 heteroatoms. The number of rotatable bonds is 7. The fourth-order valence-corrected chi connectivity index (χ4v) is 5.86. The number of hydrogen-bond acceptors (Lipinski definition) is 4. The summed E-state index contributed by atoms with van der Waals surface area (Å²) >= 11 is 4.65. The van der Waals surface area contributed by atoms with Crippen molar-refractivity contribution in [2.24, 2.45) is 11.1 Å². The standard InChI is InChI=1S/C13H23BrN2O2S2/c1-5-6-16(9-13(3,4)8-15)20(17,18)11-7-10(2)12(14)19-11/h7H,5-6,8-9,15H2,1-4H3. The van der Waals surface area contributed by atoms with Gasteiger partial charge in [-0.2, -0.15) is 4.31 Å². The Morgan fingerprint density at radius 3 is 2.45 bits per heavy atom. The fourth-order valence-electron chi connectivity index (χ4n) is 1.76. The van der Waals surface area contributed by atoms with Crippen LogP contribution in [0.25, 0.3) is 0 Å². The maximum atomic E-state index is 12.8. The van der Waals surface area contributed by atoms with Gasteiger partial charge in [-0.1, -0.05) is 20.8 Å². The van der Waals surface area contributed by atoms with E-state index in [1.165, 1.54) is 11.3 Å². The van der Waals surface area contributed by atoms with E-state index in [9.17, 15) is 8.42 Å². The monoisotopic (exact) mass is 382 g/mol. The quantitative estimate of drug-likeness (QED) is 0.787. The second-order valence-electron chi connectivity index (χ2n) is 5.73. The molecule has 1 aromatic rings. The average Bonchev–Trinajstić information content (AvgIpc) is 2.69. The Morgan fingerprint density at radius 2 is 2.05 bits per heavy atom. The van der Waals surface area contributed by atoms with Crippen LogP contribution in [0.1, 0.15) is 32.8 Å². The third kappa shape index (κ3) is 4.27. The van der Waals surface area contributed by atoms with E-state index in [1.54, 1.807) is 10.4 Å². The van der Waals surface area contributed by atoms with Crippen molar-refractivity contribution < 1.29 is 8.42 Å². The Bertz CT molecular complexity index is 533. The Balaban J connectivity index is 3.12. The molecule has 1 rings (SSSR count). The minimum absolute atomic E-state index is 0.230. The Hall–Kier alpha value is 0.0500. The van der Waals surface area contributed by atoms with Crippen LogP contribution in [0.3, 0.4) is 0 Å². The highest BCUT2D eigenvalue weighted by atomic mass is 79.9. The lowest BCUT2D eigenvalue weighted by Gasteiger charge is -2.30. The molecular weight excluding hydrogens is 360 g/mol. The summed E-state index contributed by atoms with van der Waals surface area (Å²) in [6, 6.07) is 1.72. The molecule has 20 heavy (non-hydrogen) atoms. The largest absolute Gasteiger partial charge is 0.330 e. The second-order valence-corrected chi connectivity index (χ2v) is 10.3. The van der Waals surface area contributed by atoms with Gasteiger partial charge in [0.1, 0.15) is 4.21 Å². The van der Waals surface area contributed by atoms with E-state index in [2.05, 4.69) is 15.9 Å². The van der Waals surface area contributed by atoms with Gasteiger partial charge in [-0.15, -0.1) is 11.3 Å². The Morgan fingerprint density at radius 1 is 1.45 bits per heavy atom. The first kappa shape index (κ1) is 18.1. The zero-order valence-corrected chi connectivity index (χ0v) is 15.7. The molecule has 0 unspecified atom stereocenters. The number of hydrogen-bond donors (Lipinski definition) is 1. The maximum absolute atomic E-state index is 12.8. The number of sulfonamides is 1. The third-order valence-corrected chi connectivity index (χ3v) is 7.49. The van der Waals surface area contributed by atoms with E-state index in [0.717, 1.165) is 15.8 Å². The van der Waals surface area contributed by atoms with Crippen LogP contribution in [0.5, 0.6) is 0 Å². The first-order valence-electron chi connectivity index (χ1n) is 6.60. The van der Waals surface area contributed by atoms with Crippen molar-refractivity contribution in [3.05, 3.63) is 15.4 Å². The van der Waals surface area contributed by atoms with Gasteiger partial charge in [-0.3, -0.25) is 0 Å². The summed E-state index contributed by atoms with van der Waals surface area (Å²) in [4.78, 5) is 0. The van der Waals surface area contributed by atoms with Gasteiger partial charge in [-0.25, -0.2) is 8.42 Å². The molecule has 0 aliphatic rings. The van der Waals surface area contributed by atoms with Crippen LogP contribution in [0.4, 0.5) is 0 Å². The van der Waals surface area contributed by atoms with Crippen LogP contribution in [0, 0.1) is 12.3 Å². The van der Waals surface area contributed by atoms with Gasteiger partial charge < -0.3 is 5.73 Å². The lowest BCUT2D eigenvalue weighted by atomic mass is 9.94. The summed E-state index contributed by atoms with van der Waals surface area (Å²) in [6.07, 6.45) is 0.783. The van der Waals surface area contributed by atoms with Gasteiger partial charge in [0.15, 0.2) is 0 Å². The molecule has 4 nitrogen and oxygen atoms in total. The maximum Gasteiger partial charge on any atom is 0.252 e. The SMILES string of the molecule is CCCN(CC(C)(C)CN)S(=O)(=O)c1cc(C)c(Br)s1. The van der Waals surface area contributed by atoms with Crippen LogP contribution in [0.15, 0.2) is 14.1 Å². The molecule has 0 spiro atoms. The normalized spacial score (nSPS) is 13.2. The molecule has 0 radical (unpaired) electrons. The van der Waals surface area contributed by atoms with Crippen molar-refractivity contribution in [1.82, 2.24) is 4.31 Å². The van der Waals surface area contributed by atoms with Crippen molar-refractivity contribution >= 4 is 37.3 Å². The molecule has 0 aromatic carbocycles. The molecule has 0 fully saturated rings. The van der Waals surface area contributed by atoms with Gasteiger partial charge in [-0.05, 0) is 52.9 Å². The van der Waals surface area contributed by atoms with E-state index < -0.39 is 10.0 Å². The smallest absolute Gasteiger partial charge is 0.252 e. The van der Waals surface area contributed by atoms with Gasteiger partial charge in [0.05, 0.1) is 3.79 Å². The zero-order chi connectivity index (χ0) is 15.6. The highest BCUT2D eigenvalue weighted by Crippen LogP contribution is 2.33. The number of nitrogens with zero attached hydrogens (tertiary/aromatic N) is 1. The number of aryl methyl sites for hydroxylation is 1. The van der Waals surface area contributed by atoms with Crippen molar-refractivity contribution in [1.29, 1.82) is 0 Å². The van der Waals surface area contributed by atoms with Crippen molar-refractivity contribution in [3.8, 4) is 0 Å². The molecule has 0 aliphatic carbocycles. The predicted molar refractivity (Wildman–Crippen MR) is 88.6 cm³/mol. The summed E-state index contributed by atoms with van der Waals surface area (Å²) in [5, 5.41) is 0. The summed E-state index contributed by atoms with van der Waals surface area (Å²) in [6.45, 7) is 9.26.